The van der Waals surface area contributed by atoms with Crippen LogP contribution in [0.1, 0.15) is 26.2 Å². The van der Waals surface area contributed by atoms with E-state index in [9.17, 15) is 9.59 Å². The smallest absolute Gasteiger partial charge is 0.303 e. The molecule has 2 atom stereocenters. The van der Waals surface area contributed by atoms with Crippen LogP contribution in [0.4, 0.5) is 0 Å². The van der Waals surface area contributed by atoms with Gasteiger partial charge < -0.3 is 14.7 Å². The molecule has 0 radical (unpaired) electrons. The van der Waals surface area contributed by atoms with E-state index < -0.39 is 5.97 Å². The molecule has 1 amide bonds. The molecule has 0 aliphatic heterocycles. The lowest BCUT2D eigenvalue weighted by molar-refractivity contribution is -0.138. The largest absolute Gasteiger partial charge is 0.481 e. The number of nitrogens with zero attached hydrogens (tertiary/aromatic N) is 1. The second-order valence-electron chi connectivity index (χ2n) is 4.09. The van der Waals surface area contributed by atoms with Crippen LogP contribution in [0.5, 0.6) is 0 Å². The molecule has 0 aromatic carbocycles. The van der Waals surface area contributed by atoms with Crippen molar-refractivity contribution in [2.24, 2.45) is 5.92 Å². The SMILES string of the molecule is CCOC1CC1C(=O)N(C)CCCC(=O)O. The molecule has 0 saturated heterocycles. The second-order valence-corrected chi connectivity index (χ2v) is 4.09. The first-order valence-electron chi connectivity index (χ1n) is 5.64. The predicted octanol–water partition coefficient (Wildman–Crippen LogP) is 0.735. The first kappa shape index (κ1) is 13.0. The zero-order valence-corrected chi connectivity index (χ0v) is 9.81. The maximum absolute atomic E-state index is 11.8. The van der Waals surface area contributed by atoms with Crippen LogP contribution >= 0.6 is 0 Å². The van der Waals surface area contributed by atoms with E-state index in [4.69, 9.17) is 9.84 Å². The number of ether oxygens (including phenoxy) is 1. The Labute approximate surface area is 95.4 Å². The lowest BCUT2D eigenvalue weighted by Crippen LogP contribution is -2.30. The molecule has 5 heteroatoms. The molecule has 0 spiro atoms. The Bertz CT molecular complexity index is 267. The van der Waals surface area contributed by atoms with Crippen molar-refractivity contribution in [3.63, 3.8) is 0 Å². The zero-order chi connectivity index (χ0) is 12.1. The number of carboxylic acids is 1. The second kappa shape index (κ2) is 5.84. The molecular formula is C11H19NO4. The number of carbonyl (C=O) groups excluding carboxylic acids is 1. The molecular weight excluding hydrogens is 210 g/mol. The van der Waals surface area contributed by atoms with Gasteiger partial charge in [0.2, 0.25) is 5.91 Å². The van der Waals surface area contributed by atoms with Gasteiger partial charge in [-0.1, -0.05) is 0 Å². The van der Waals surface area contributed by atoms with Gasteiger partial charge >= 0.3 is 5.97 Å². The minimum absolute atomic E-state index is 0.00484. The fraction of sp³-hybridized carbons (Fsp3) is 0.818. The lowest BCUT2D eigenvalue weighted by Gasteiger charge is -2.16. The molecule has 1 rings (SSSR count). The van der Waals surface area contributed by atoms with Crippen LogP contribution in [-0.2, 0) is 14.3 Å². The van der Waals surface area contributed by atoms with Crippen molar-refractivity contribution in [2.45, 2.75) is 32.3 Å². The molecule has 1 fully saturated rings. The normalized spacial score (nSPS) is 22.9. The Morgan fingerprint density at radius 3 is 2.75 bits per heavy atom. The number of rotatable bonds is 7. The highest BCUT2D eigenvalue weighted by Gasteiger charge is 2.45. The van der Waals surface area contributed by atoms with Gasteiger partial charge in [0.05, 0.1) is 12.0 Å². The van der Waals surface area contributed by atoms with Crippen LogP contribution in [0.3, 0.4) is 0 Å². The monoisotopic (exact) mass is 229 g/mol. The fourth-order valence-electron chi connectivity index (χ4n) is 1.69. The van der Waals surface area contributed by atoms with Crippen LogP contribution in [0.25, 0.3) is 0 Å². The van der Waals surface area contributed by atoms with Gasteiger partial charge in [-0.25, -0.2) is 0 Å². The minimum atomic E-state index is -0.820. The fourth-order valence-corrected chi connectivity index (χ4v) is 1.69. The van der Waals surface area contributed by atoms with Gasteiger partial charge in [-0.05, 0) is 19.8 Å². The van der Waals surface area contributed by atoms with Crippen molar-refractivity contribution in [1.82, 2.24) is 4.90 Å². The number of carboxylic acid groups (broad SMARTS) is 1. The van der Waals surface area contributed by atoms with Gasteiger partial charge in [-0.3, -0.25) is 9.59 Å². The third-order valence-corrected chi connectivity index (χ3v) is 2.69. The molecule has 1 aliphatic carbocycles. The first-order chi connectivity index (χ1) is 7.56. The summed E-state index contributed by atoms with van der Waals surface area (Å²) in [5.41, 5.74) is 0. The maximum atomic E-state index is 11.8. The Morgan fingerprint density at radius 2 is 2.19 bits per heavy atom. The molecule has 1 saturated carbocycles. The Hall–Kier alpha value is -1.10. The quantitative estimate of drug-likeness (QED) is 0.699. The van der Waals surface area contributed by atoms with Crippen LogP contribution in [0.2, 0.25) is 0 Å². The summed E-state index contributed by atoms with van der Waals surface area (Å²) < 4.78 is 5.34. The highest BCUT2D eigenvalue weighted by atomic mass is 16.5. The summed E-state index contributed by atoms with van der Waals surface area (Å²) in [5, 5.41) is 8.48. The predicted molar refractivity (Wildman–Crippen MR) is 58.0 cm³/mol. The van der Waals surface area contributed by atoms with Gasteiger partial charge in [0.25, 0.3) is 0 Å². The van der Waals surface area contributed by atoms with E-state index >= 15 is 0 Å². The first-order valence-corrected chi connectivity index (χ1v) is 5.64. The van der Waals surface area contributed by atoms with Gasteiger partial charge in [0, 0.05) is 26.6 Å². The zero-order valence-electron chi connectivity index (χ0n) is 9.81. The number of aliphatic carboxylic acids is 1. The number of hydrogen-bond acceptors (Lipinski definition) is 3. The molecule has 0 aromatic heterocycles. The van der Waals surface area contributed by atoms with Crippen molar-refractivity contribution in [3.05, 3.63) is 0 Å². The van der Waals surface area contributed by atoms with Crippen molar-refractivity contribution >= 4 is 11.9 Å². The molecule has 92 valence electrons. The van der Waals surface area contributed by atoms with E-state index in [0.29, 0.717) is 19.6 Å². The molecule has 16 heavy (non-hydrogen) atoms. The van der Waals surface area contributed by atoms with Crippen LogP contribution < -0.4 is 0 Å². The number of hydrogen-bond donors (Lipinski definition) is 1. The van der Waals surface area contributed by atoms with Gasteiger partial charge in [-0.15, -0.1) is 0 Å². The van der Waals surface area contributed by atoms with Crippen LogP contribution in [-0.4, -0.2) is 48.2 Å². The Morgan fingerprint density at radius 1 is 1.50 bits per heavy atom. The summed E-state index contributed by atoms with van der Waals surface area (Å²) in [6, 6.07) is 0. The lowest BCUT2D eigenvalue weighted by atomic mass is 10.3. The molecule has 0 aromatic rings. The van der Waals surface area contributed by atoms with E-state index in [2.05, 4.69) is 0 Å². The van der Waals surface area contributed by atoms with Crippen molar-refractivity contribution in [2.75, 3.05) is 20.2 Å². The average molecular weight is 229 g/mol. The summed E-state index contributed by atoms with van der Waals surface area (Å²) >= 11 is 0. The molecule has 5 nitrogen and oxygen atoms in total. The number of amides is 1. The van der Waals surface area contributed by atoms with Crippen molar-refractivity contribution in [3.8, 4) is 0 Å². The number of carbonyl (C=O) groups is 2. The maximum Gasteiger partial charge on any atom is 0.303 e. The molecule has 2 unspecified atom stereocenters. The van der Waals surface area contributed by atoms with Gasteiger partial charge in [0.15, 0.2) is 0 Å². The van der Waals surface area contributed by atoms with Crippen LogP contribution in [0, 0.1) is 5.92 Å². The summed E-state index contributed by atoms with van der Waals surface area (Å²) in [4.78, 5) is 23.7. The third-order valence-electron chi connectivity index (χ3n) is 2.69. The standard InChI is InChI=1S/C11H19NO4/c1-3-16-9-7-8(9)11(15)12(2)6-4-5-10(13)14/h8-9H,3-7H2,1-2H3,(H,13,14). The Balaban J connectivity index is 2.19. The summed E-state index contributed by atoms with van der Waals surface area (Å²) in [6.07, 6.45) is 1.50. The van der Waals surface area contributed by atoms with E-state index in [1.54, 1.807) is 11.9 Å². The van der Waals surface area contributed by atoms with Gasteiger partial charge in [0.1, 0.15) is 0 Å². The van der Waals surface area contributed by atoms with Crippen molar-refractivity contribution < 1.29 is 19.4 Å². The molecule has 1 aliphatic rings. The average Bonchev–Trinajstić information content (AvgIpc) is 2.96. The highest BCUT2D eigenvalue weighted by Crippen LogP contribution is 2.35. The summed E-state index contributed by atoms with van der Waals surface area (Å²) in [5.74, 6) is -0.752. The molecule has 1 N–H and O–H groups in total. The summed E-state index contributed by atoms with van der Waals surface area (Å²) in [6.45, 7) is 3.05. The van der Waals surface area contributed by atoms with E-state index in [1.165, 1.54) is 0 Å². The summed E-state index contributed by atoms with van der Waals surface area (Å²) in [7, 11) is 1.71. The van der Waals surface area contributed by atoms with Crippen molar-refractivity contribution in [1.29, 1.82) is 0 Å². The molecule has 0 heterocycles. The third kappa shape index (κ3) is 3.81. The van der Waals surface area contributed by atoms with E-state index in [-0.39, 0.29) is 24.3 Å². The Kier molecular flexibility index (Phi) is 4.73. The topological polar surface area (TPSA) is 66.8 Å². The van der Waals surface area contributed by atoms with Crippen LogP contribution in [0.15, 0.2) is 0 Å². The van der Waals surface area contributed by atoms with E-state index in [0.717, 1.165) is 6.42 Å². The highest BCUT2D eigenvalue weighted by molar-refractivity contribution is 5.82. The minimum Gasteiger partial charge on any atom is -0.481 e. The molecule has 0 bridgehead atoms. The van der Waals surface area contributed by atoms with E-state index in [1.807, 2.05) is 6.92 Å². The van der Waals surface area contributed by atoms with Gasteiger partial charge in [-0.2, -0.15) is 0 Å².